The lowest BCUT2D eigenvalue weighted by Crippen LogP contribution is -2.48. The van der Waals surface area contributed by atoms with Crippen LogP contribution in [0.1, 0.15) is 63.5 Å². The third-order valence-electron chi connectivity index (χ3n) is 7.80. The molecule has 1 atom stereocenters. The Morgan fingerprint density at radius 3 is 2.23 bits per heavy atom. The second-order valence-corrected chi connectivity index (χ2v) is 10.3. The van der Waals surface area contributed by atoms with E-state index < -0.39 is 0 Å². The third-order valence-corrected chi connectivity index (χ3v) is 7.80. The minimum absolute atomic E-state index is 0.0467. The van der Waals surface area contributed by atoms with Crippen LogP contribution < -0.4 is 10.6 Å². The van der Waals surface area contributed by atoms with Crippen molar-refractivity contribution in [3.8, 4) is 0 Å². The molecule has 0 aromatic heterocycles. The molecule has 0 saturated heterocycles. The molecule has 4 nitrogen and oxygen atoms in total. The van der Waals surface area contributed by atoms with Gasteiger partial charge in [-0.15, -0.1) is 0 Å². The normalized spacial score (nSPS) is 30.2. The molecule has 4 saturated carbocycles. The summed E-state index contributed by atoms with van der Waals surface area (Å²) in [6.45, 7) is 2.04. The summed E-state index contributed by atoms with van der Waals surface area (Å²) >= 11 is 0. The molecule has 4 heteroatoms. The maximum absolute atomic E-state index is 12.6. The number of benzene rings is 2. The summed E-state index contributed by atoms with van der Waals surface area (Å²) in [6.07, 6.45) is 8.42. The molecule has 0 spiro atoms. The van der Waals surface area contributed by atoms with E-state index >= 15 is 0 Å². The molecule has 1 unspecified atom stereocenters. The van der Waals surface area contributed by atoms with Crippen molar-refractivity contribution in [2.45, 2.75) is 57.9 Å². The van der Waals surface area contributed by atoms with Gasteiger partial charge in [-0.25, -0.2) is 0 Å². The first kappa shape index (κ1) is 19.6. The Kier molecular flexibility index (Phi) is 5.04. The number of hydrogen-bond acceptors (Lipinski definition) is 2. The van der Waals surface area contributed by atoms with E-state index in [0.717, 1.165) is 23.3 Å². The van der Waals surface area contributed by atoms with Gasteiger partial charge < -0.3 is 10.6 Å². The van der Waals surface area contributed by atoms with Gasteiger partial charge in [-0.05, 0) is 91.0 Å². The topological polar surface area (TPSA) is 58.2 Å². The van der Waals surface area contributed by atoms with Gasteiger partial charge in [0.05, 0.1) is 12.6 Å². The molecule has 4 bridgehead atoms. The number of nitrogens with one attached hydrogen (secondary N) is 2. The average Bonchev–Trinajstić information content (AvgIpc) is 2.70. The van der Waals surface area contributed by atoms with Crippen molar-refractivity contribution in [2.24, 2.45) is 23.2 Å². The number of rotatable bonds is 6. The zero-order valence-corrected chi connectivity index (χ0v) is 17.8. The number of carbonyl (C=O) groups excluding carboxylic acids is 2. The molecule has 0 aliphatic heterocycles. The largest absolute Gasteiger partial charge is 0.348 e. The van der Waals surface area contributed by atoms with Crippen molar-refractivity contribution < 1.29 is 9.59 Å². The molecule has 0 heterocycles. The summed E-state index contributed by atoms with van der Waals surface area (Å²) < 4.78 is 0. The summed E-state index contributed by atoms with van der Waals surface area (Å²) in [5, 5.41) is 8.27. The van der Waals surface area contributed by atoms with Crippen LogP contribution in [0.3, 0.4) is 0 Å². The zero-order chi connectivity index (χ0) is 20.7. The van der Waals surface area contributed by atoms with Crippen molar-refractivity contribution >= 4 is 22.6 Å². The van der Waals surface area contributed by atoms with E-state index in [4.69, 9.17) is 0 Å². The monoisotopic (exact) mass is 404 g/mol. The van der Waals surface area contributed by atoms with Crippen LogP contribution in [-0.2, 0) is 9.59 Å². The molecule has 0 radical (unpaired) electrons. The van der Waals surface area contributed by atoms with E-state index in [0.29, 0.717) is 6.42 Å². The van der Waals surface area contributed by atoms with E-state index in [1.807, 2.05) is 19.1 Å². The van der Waals surface area contributed by atoms with Crippen LogP contribution in [0.25, 0.3) is 10.8 Å². The van der Waals surface area contributed by atoms with Gasteiger partial charge in [-0.1, -0.05) is 36.4 Å². The van der Waals surface area contributed by atoms with Crippen molar-refractivity contribution in [3.63, 3.8) is 0 Å². The second kappa shape index (κ2) is 7.72. The molecular weight excluding hydrogens is 372 g/mol. The third kappa shape index (κ3) is 3.97. The highest BCUT2D eigenvalue weighted by molar-refractivity contribution is 5.86. The van der Waals surface area contributed by atoms with Crippen LogP contribution in [0, 0.1) is 23.2 Å². The van der Waals surface area contributed by atoms with Crippen LogP contribution in [0.5, 0.6) is 0 Å². The van der Waals surface area contributed by atoms with Gasteiger partial charge in [0.25, 0.3) is 0 Å². The van der Waals surface area contributed by atoms with Gasteiger partial charge in [-0.2, -0.15) is 0 Å². The lowest BCUT2D eigenvalue weighted by Gasteiger charge is -2.56. The van der Waals surface area contributed by atoms with Gasteiger partial charge in [-0.3, -0.25) is 9.59 Å². The number of amides is 2. The Balaban J connectivity index is 1.13. The Morgan fingerprint density at radius 1 is 0.933 bits per heavy atom. The van der Waals surface area contributed by atoms with Gasteiger partial charge in [0.1, 0.15) is 0 Å². The predicted octanol–water partition coefficient (Wildman–Crippen LogP) is 4.74. The molecule has 4 fully saturated rings. The lowest BCUT2D eigenvalue weighted by atomic mass is 9.49. The van der Waals surface area contributed by atoms with Crippen LogP contribution in [0.15, 0.2) is 42.5 Å². The molecule has 2 amide bonds. The average molecular weight is 405 g/mol. The minimum Gasteiger partial charge on any atom is -0.348 e. The van der Waals surface area contributed by atoms with Gasteiger partial charge in [0, 0.05) is 6.42 Å². The van der Waals surface area contributed by atoms with Crippen molar-refractivity contribution in [1.29, 1.82) is 0 Å². The van der Waals surface area contributed by atoms with Crippen molar-refractivity contribution in [3.05, 3.63) is 48.0 Å². The van der Waals surface area contributed by atoms with Crippen LogP contribution in [0.2, 0.25) is 0 Å². The molecule has 158 valence electrons. The van der Waals surface area contributed by atoms with E-state index in [2.05, 4.69) is 41.0 Å². The van der Waals surface area contributed by atoms with E-state index in [1.54, 1.807) is 0 Å². The summed E-state index contributed by atoms with van der Waals surface area (Å²) in [5.74, 6) is 2.44. The summed E-state index contributed by atoms with van der Waals surface area (Å²) in [4.78, 5) is 25.1. The molecule has 6 rings (SSSR count). The van der Waals surface area contributed by atoms with Crippen molar-refractivity contribution in [2.75, 3.05) is 6.54 Å². The Hall–Kier alpha value is -2.36. The standard InChI is InChI=1S/C26H32N2O2/c1-17(22-7-6-21-4-2-3-5-23(21)11-22)28-25(30)16-27-24(29)15-26-12-18-8-19(13-26)10-20(9-18)14-26/h2-7,11,17-20H,8-10,12-16H2,1H3,(H,27,29)(H,28,30). The molecule has 4 aliphatic rings. The fourth-order valence-corrected chi connectivity index (χ4v) is 6.94. The highest BCUT2D eigenvalue weighted by atomic mass is 16.2. The summed E-state index contributed by atoms with van der Waals surface area (Å²) in [5.41, 5.74) is 1.29. The minimum atomic E-state index is -0.130. The maximum atomic E-state index is 12.6. The maximum Gasteiger partial charge on any atom is 0.239 e. The SMILES string of the molecule is CC(NC(=O)CNC(=O)CC12CC3CC(CC(C3)C1)C2)c1ccc2ccccc2c1. The van der Waals surface area contributed by atoms with Gasteiger partial charge >= 0.3 is 0 Å². The van der Waals surface area contributed by atoms with Gasteiger partial charge in [0.15, 0.2) is 0 Å². The van der Waals surface area contributed by atoms with E-state index in [1.165, 1.54) is 49.3 Å². The fourth-order valence-electron chi connectivity index (χ4n) is 6.94. The number of fused-ring (bicyclic) bond motifs is 1. The fraction of sp³-hybridized carbons (Fsp3) is 0.538. The predicted molar refractivity (Wildman–Crippen MR) is 119 cm³/mol. The van der Waals surface area contributed by atoms with Crippen molar-refractivity contribution in [1.82, 2.24) is 10.6 Å². The van der Waals surface area contributed by atoms with E-state index in [-0.39, 0.29) is 29.8 Å². The smallest absolute Gasteiger partial charge is 0.239 e. The lowest BCUT2D eigenvalue weighted by molar-refractivity contribution is -0.132. The molecule has 30 heavy (non-hydrogen) atoms. The first-order valence-corrected chi connectivity index (χ1v) is 11.5. The molecule has 2 aromatic carbocycles. The molecule has 4 aliphatic carbocycles. The summed E-state index contributed by atoms with van der Waals surface area (Å²) in [7, 11) is 0. The Labute approximate surface area is 178 Å². The molecule has 2 N–H and O–H groups in total. The van der Waals surface area contributed by atoms with Gasteiger partial charge in [0.2, 0.25) is 11.8 Å². The first-order valence-electron chi connectivity index (χ1n) is 11.5. The van der Waals surface area contributed by atoms with Crippen LogP contribution >= 0.6 is 0 Å². The van der Waals surface area contributed by atoms with E-state index in [9.17, 15) is 9.59 Å². The van der Waals surface area contributed by atoms with Crippen LogP contribution in [0.4, 0.5) is 0 Å². The quantitative estimate of drug-likeness (QED) is 0.731. The second-order valence-electron chi connectivity index (χ2n) is 10.3. The number of carbonyl (C=O) groups is 2. The highest BCUT2D eigenvalue weighted by Gasteiger charge is 2.51. The Bertz CT molecular complexity index is 931. The van der Waals surface area contributed by atoms with Crippen LogP contribution in [-0.4, -0.2) is 18.4 Å². The zero-order valence-electron chi connectivity index (χ0n) is 17.8. The highest BCUT2D eigenvalue weighted by Crippen LogP contribution is 2.61. The number of hydrogen-bond donors (Lipinski definition) is 2. The molecule has 2 aromatic rings. The first-order chi connectivity index (χ1) is 14.5. The molecular formula is C26H32N2O2. The summed E-state index contributed by atoms with van der Waals surface area (Å²) in [6, 6.07) is 14.4. The Morgan fingerprint density at radius 2 is 1.57 bits per heavy atom.